The van der Waals surface area contributed by atoms with E-state index in [1.807, 2.05) is 18.3 Å². The molecule has 0 aliphatic carbocycles. The number of aliphatic imine (C=N–C) groups is 1. The quantitative estimate of drug-likeness (QED) is 0.285. The lowest BCUT2D eigenvalue weighted by Gasteiger charge is -2.12. The van der Waals surface area contributed by atoms with E-state index in [9.17, 15) is 4.39 Å². The van der Waals surface area contributed by atoms with Gasteiger partial charge in [-0.1, -0.05) is 6.07 Å². The highest BCUT2D eigenvalue weighted by Gasteiger charge is 2.06. The first-order valence-corrected chi connectivity index (χ1v) is 10.1. The fourth-order valence-electron chi connectivity index (χ4n) is 3.43. The molecule has 30 heavy (non-hydrogen) atoms. The van der Waals surface area contributed by atoms with Gasteiger partial charge in [0.25, 0.3) is 0 Å². The lowest BCUT2D eigenvalue weighted by molar-refractivity contribution is 0.354. The van der Waals surface area contributed by atoms with Crippen molar-refractivity contribution < 1.29 is 13.9 Å². The van der Waals surface area contributed by atoms with Gasteiger partial charge in [0.2, 0.25) is 0 Å². The van der Waals surface area contributed by atoms with Crippen molar-refractivity contribution in [2.45, 2.75) is 19.3 Å². The van der Waals surface area contributed by atoms with Crippen LogP contribution in [0.1, 0.15) is 17.5 Å². The van der Waals surface area contributed by atoms with Gasteiger partial charge in [-0.05, 0) is 60.7 Å². The van der Waals surface area contributed by atoms with E-state index in [2.05, 4.69) is 26.7 Å². The minimum Gasteiger partial charge on any atom is -0.493 e. The molecule has 6 nitrogen and oxygen atoms in total. The van der Waals surface area contributed by atoms with E-state index in [0.717, 1.165) is 59.7 Å². The number of rotatable bonds is 9. The molecule has 160 valence electrons. The Bertz CT molecular complexity index is 1000. The number of benzene rings is 2. The number of hydrogen-bond acceptors (Lipinski definition) is 3. The number of aromatic amines is 1. The molecule has 0 aliphatic heterocycles. The maximum absolute atomic E-state index is 13.5. The Morgan fingerprint density at radius 3 is 2.57 bits per heavy atom. The molecule has 0 fully saturated rings. The zero-order chi connectivity index (χ0) is 21.3. The molecule has 0 saturated heterocycles. The zero-order valence-electron chi connectivity index (χ0n) is 17.7. The van der Waals surface area contributed by atoms with Crippen LogP contribution in [0.4, 0.5) is 4.39 Å². The Morgan fingerprint density at radius 2 is 1.80 bits per heavy atom. The molecule has 3 aromatic rings. The monoisotopic (exact) mass is 412 g/mol. The van der Waals surface area contributed by atoms with Crippen molar-refractivity contribution in [3.63, 3.8) is 0 Å². The first-order chi connectivity index (χ1) is 14.6. The van der Waals surface area contributed by atoms with Gasteiger partial charge in [0, 0.05) is 37.2 Å². The molecule has 1 heterocycles. The van der Waals surface area contributed by atoms with Crippen LogP contribution in [0, 0.1) is 5.82 Å². The van der Waals surface area contributed by atoms with Gasteiger partial charge in [-0.15, -0.1) is 0 Å². The molecule has 0 radical (unpaired) electrons. The maximum atomic E-state index is 13.5. The van der Waals surface area contributed by atoms with Crippen molar-refractivity contribution in [2.24, 2.45) is 4.99 Å². The number of ether oxygens (including phenoxy) is 2. The Hall–Kier alpha value is -3.22. The van der Waals surface area contributed by atoms with Crippen LogP contribution in [0.25, 0.3) is 10.9 Å². The summed E-state index contributed by atoms with van der Waals surface area (Å²) in [7, 11) is 5.03. The van der Waals surface area contributed by atoms with Gasteiger partial charge in [-0.25, -0.2) is 4.39 Å². The summed E-state index contributed by atoms with van der Waals surface area (Å²) in [6.45, 7) is 1.51. The number of hydrogen-bond donors (Lipinski definition) is 3. The second kappa shape index (κ2) is 10.5. The van der Waals surface area contributed by atoms with Crippen LogP contribution in [0.5, 0.6) is 11.5 Å². The molecular formula is C23H29FN4O2. The molecule has 7 heteroatoms. The zero-order valence-corrected chi connectivity index (χ0v) is 17.7. The summed E-state index contributed by atoms with van der Waals surface area (Å²) in [5.41, 5.74) is 3.23. The number of aromatic nitrogens is 1. The maximum Gasteiger partial charge on any atom is 0.190 e. The summed E-state index contributed by atoms with van der Waals surface area (Å²) in [5, 5.41) is 7.57. The standard InChI is InChI=1S/C23H29FN4O2/c1-25-23(26-11-4-5-16-6-9-21(29-2)22(13-16)30-3)27-12-10-17-15-28-20-8-7-18(24)14-19(17)20/h6-9,13-15,28H,4-5,10-12H2,1-3H3,(H2,25,26,27). The Morgan fingerprint density at radius 1 is 1.00 bits per heavy atom. The third kappa shape index (κ3) is 5.43. The van der Waals surface area contributed by atoms with Crippen molar-refractivity contribution in [3.05, 3.63) is 59.5 Å². The molecule has 3 rings (SSSR count). The third-order valence-corrected chi connectivity index (χ3v) is 5.02. The van der Waals surface area contributed by atoms with Gasteiger partial charge < -0.3 is 25.1 Å². The Labute approximate surface area is 176 Å². The van der Waals surface area contributed by atoms with E-state index in [1.165, 1.54) is 11.6 Å². The van der Waals surface area contributed by atoms with Crippen LogP contribution in [0.2, 0.25) is 0 Å². The van der Waals surface area contributed by atoms with E-state index < -0.39 is 0 Å². The summed E-state index contributed by atoms with van der Waals surface area (Å²) < 4.78 is 24.1. The molecule has 2 aromatic carbocycles. The fourth-order valence-corrected chi connectivity index (χ4v) is 3.43. The van der Waals surface area contributed by atoms with Crippen LogP contribution in [-0.4, -0.2) is 45.3 Å². The van der Waals surface area contributed by atoms with Gasteiger partial charge in [-0.2, -0.15) is 0 Å². The van der Waals surface area contributed by atoms with Crippen molar-refractivity contribution in [1.82, 2.24) is 15.6 Å². The summed E-state index contributed by atoms with van der Waals surface area (Å²) >= 11 is 0. The van der Waals surface area contributed by atoms with Gasteiger partial charge in [0.05, 0.1) is 14.2 Å². The molecule has 0 bridgehead atoms. The minimum atomic E-state index is -0.219. The molecule has 0 spiro atoms. The lowest BCUT2D eigenvalue weighted by Crippen LogP contribution is -2.38. The van der Waals surface area contributed by atoms with Gasteiger partial charge >= 0.3 is 0 Å². The van der Waals surface area contributed by atoms with Crippen molar-refractivity contribution in [1.29, 1.82) is 0 Å². The van der Waals surface area contributed by atoms with Crippen molar-refractivity contribution >= 4 is 16.9 Å². The van der Waals surface area contributed by atoms with E-state index >= 15 is 0 Å². The number of nitrogens with zero attached hydrogens (tertiary/aromatic N) is 1. The fraction of sp³-hybridized carbons (Fsp3) is 0.348. The van der Waals surface area contributed by atoms with E-state index in [0.29, 0.717) is 6.54 Å². The number of H-pyrrole nitrogens is 1. The SMILES string of the molecule is CN=C(NCCCc1ccc(OC)c(OC)c1)NCCc1c[nH]c2ccc(F)cc12. The highest BCUT2D eigenvalue weighted by Crippen LogP contribution is 2.27. The largest absolute Gasteiger partial charge is 0.493 e. The highest BCUT2D eigenvalue weighted by atomic mass is 19.1. The molecule has 0 saturated carbocycles. The average Bonchev–Trinajstić information content (AvgIpc) is 3.17. The van der Waals surface area contributed by atoms with Crippen molar-refractivity contribution in [2.75, 3.05) is 34.4 Å². The van der Waals surface area contributed by atoms with E-state index in [1.54, 1.807) is 33.4 Å². The first-order valence-electron chi connectivity index (χ1n) is 10.1. The Kier molecular flexibility index (Phi) is 7.54. The van der Waals surface area contributed by atoms with Crippen LogP contribution < -0.4 is 20.1 Å². The molecule has 3 N–H and O–H groups in total. The second-order valence-electron chi connectivity index (χ2n) is 6.97. The number of methoxy groups -OCH3 is 2. The van der Waals surface area contributed by atoms with Gasteiger partial charge in [0.1, 0.15) is 5.82 Å². The predicted octanol–water partition coefficient (Wildman–Crippen LogP) is 3.66. The molecule has 0 unspecified atom stereocenters. The molecule has 0 aliphatic rings. The smallest absolute Gasteiger partial charge is 0.190 e. The van der Waals surface area contributed by atoms with E-state index in [-0.39, 0.29) is 5.82 Å². The summed E-state index contributed by atoms with van der Waals surface area (Å²) in [4.78, 5) is 7.45. The molecule has 1 aromatic heterocycles. The minimum absolute atomic E-state index is 0.219. The number of halogens is 1. The van der Waals surface area contributed by atoms with Crippen LogP contribution >= 0.6 is 0 Å². The lowest BCUT2D eigenvalue weighted by atomic mass is 10.1. The van der Waals surface area contributed by atoms with E-state index in [4.69, 9.17) is 9.47 Å². The molecular weight excluding hydrogens is 383 g/mol. The van der Waals surface area contributed by atoms with Gasteiger partial charge in [-0.3, -0.25) is 4.99 Å². The number of nitrogens with one attached hydrogen (secondary N) is 3. The van der Waals surface area contributed by atoms with Crippen LogP contribution in [0.15, 0.2) is 47.6 Å². The van der Waals surface area contributed by atoms with Gasteiger partial charge in [0.15, 0.2) is 17.5 Å². The summed E-state index contributed by atoms with van der Waals surface area (Å²) in [5.74, 6) is 2.02. The van der Waals surface area contributed by atoms with Crippen LogP contribution in [-0.2, 0) is 12.8 Å². The second-order valence-corrected chi connectivity index (χ2v) is 6.97. The summed E-state index contributed by atoms with van der Waals surface area (Å²) in [6, 6.07) is 10.8. The molecule has 0 atom stereocenters. The third-order valence-electron chi connectivity index (χ3n) is 5.02. The number of fused-ring (bicyclic) bond motifs is 1. The highest BCUT2D eigenvalue weighted by molar-refractivity contribution is 5.83. The topological polar surface area (TPSA) is 70.7 Å². The summed E-state index contributed by atoms with van der Waals surface area (Å²) in [6.07, 6.45) is 4.59. The number of aryl methyl sites for hydroxylation is 1. The molecule has 0 amide bonds. The number of guanidine groups is 1. The normalized spacial score (nSPS) is 11.5. The Balaban J connectivity index is 1.42. The van der Waals surface area contributed by atoms with Crippen LogP contribution in [0.3, 0.4) is 0 Å². The predicted molar refractivity (Wildman–Crippen MR) is 119 cm³/mol. The van der Waals surface area contributed by atoms with Crippen molar-refractivity contribution in [3.8, 4) is 11.5 Å². The first kappa shape index (κ1) is 21.5. The average molecular weight is 413 g/mol.